The molecular weight excluding hydrogens is 395 g/mol. The average Bonchev–Trinajstić information content (AvgIpc) is 3.18. The van der Waals surface area contributed by atoms with Gasteiger partial charge in [-0.1, -0.05) is 17.7 Å². The number of ether oxygens (including phenoxy) is 2. The standard InChI is InChI=1S/C21H19FN2O4S/c1-14-2-4-15(5-3-14)21(26)23-10-20(25)28-11-17-13-29-19(24-17)12-27-18-8-6-16(22)7-9-18/h2-9,13H,10-12H2,1H3,(H,23,26). The van der Waals surface area contributed by atoms with E-state index in [0.717, 1.165) is 5.56 Å². The summed E-state index contributed by atoms with van der Waals surface area (Å²) >= 11 is 1.37. The lowest BCUT2D eigenvalue weighted by Crippen LogP contribution is -2.30. The smallest absolute Gasteiger partial charge is 0.325 e. The van der Waals surface area contributed by atoms with Gasteiger partial charge in [0, 0.05) is 10.9 Å². The summed E-state index contributed by atoms with van der Waals surface area (Å²) in [5.74, 6) is -0.678. The van der Waals surface area contributed by atoms with Crippen LogP contribution in [0, 0.1) is 12.7 Å². The molecule has 29 heavy (non-hydrogen) atoms. The number of nitrogens with one attached hydrogen (secondary N) is 1. The Morgan fingerprint density at radius 1 is 1.07 bits per heavy atom. The summed E-state index contributed by atoms with van der Waals surface area (Å²) in [5, 5.41) is 4.99. The lowest BCUT2D eigenvalue weighted by atomic mass is 10.1. The van der Waals surface area contributed by atoms with Gasteiger partial charge in [0.2, 0.25) is 0 Å². The summed E-state index contributed by atoms with van der Waals surface area (Å²) in [4.78, 5) is 28.1. The second kappa shape index (κ2) is 9.79. The molecule has 1 heterocycles. The molecule has 0 aliphatic heterocycles. The zero-order chi connectivity index (χ0) is 20.6. The van der Waals surface area contributed by atoms with E-state index in [9.17, 15) is 14.0 Å². The first-order chi connectivity index (χ1) is 14.0. The van der Waals surface area contributed by atoms with Crippen molar-refractivity contribution in [2.45, 2.75) is 20.1 Å². The normalized spacial score (nSPS) is 10.4. The Morgan fingerprint density at radius 2 is 1.79 bits per heavy atom. The molecule has 0 spiro atoms. The van der Waals surface area contributed by atoms with Crippen LogP contribution >= 0.6 is 11.3 Å². The van der Waals surface area contributed by atoms with Crippen LogP contribution in [-0.4, -0.2) is 23.4 Å². The number of hydrogen-bond donors (Lipinski definition) is 1. The van der Waals surface area contributed by atoms with E-state index in [4.69, 9.17) is 9.47 Å². The van der Waals surface area contributed by atoms with E-state index in [-0.39, 0.29) is 31.5 Å². The van der Waals surface area contributed by atoms with E-state index in [1.165, 1.54) is 35.6 Å². The van der Waals surface area contributed by atoms with Gasteiger partial charge in [-0.05, 0) is 43.3 Å². The molecule has 150 valence electrons. The highest BCUT2D eigenvalue weighted by molar-refractivity contribution is 7.09. The summed E-state index contributed by atoms with van der Waals surface area (Å²) in [7, 11) is 0. The zero-order valence-electron chi connectivity index (χ0n) is 15.7. The Bertz CT molecular complexity index is 971. The van der Waals surface area contributed by atoms with Crippen LogP contribution in [0.25, 0.3) is 0 Å². The average molecular weight is 414 g/mol. The summed E-state index contributed by atoms with van der Waals surface area (Å²) in [6.07, 6.45) is 0. The largest absolute Gasteiger partial charge is 0.486 e. The van der Waals surface area contributed by atoms with Crippen LogP contribution in [0.1, 0.15) is 26.6 Å². The number of carbonyl (C=O) groups is 2. The molecule has 3 aromatic rings. The SMILES string of the molecule is Cc1ccc(C(=O)NCC(=O)OCc2csc(COc3ccc(F)cc3)n2)cc1. The lowest BCUT2D eigenvalue weighted by molar-refractivity contribution is -0.143. The number of aromatic nitrogens is 1. The van der Waals surface area contributed by atoms with Crippen LogP contribution in [-0.2, 0) is 22.7 Å². The summed E-state index contributed by atoms with van der Waals surface area (Å²) in [6.45, 7) is 1.94. The van der Waals surface area contributed by atoms with Gasteiger partial charge in [-0.15, -0.1) is 11.3 Å². The van der Waals surface area contributed by atoms with Gasteiger partial charge in [-0.3, -0.25) is 9.59 Å². The molecule has 1 aromatic heterocycles. The fraction of sp³-hybridized carbons (Fsp3) is 0.190. The van der Waals surface area contributed by atoms with E-state index in [0.29, 0.717) is 22.0 Å². The van der Waals surface area contributed by atoms with Gasteiger partial charge in [0.15, 0.2) is 0 Å². The van der Waals surface area contributed by atoms with Crippen molar-refractivity contribution < 1.29 is 23.5 Å². The number of halogens is 1. The van der Waals surface area contributed by atoms with Crippen molar-refractivity contribution in [2.75, 3.05) is 6.54 Å². The van der Waals surface area contributed by atoms with Gasteiger partial charge in [0.05, 0.1) is 5.69 Å². The lowest BCUT2D eigenvalue weighted by Gasteiger charge is -2.06. The molecule has 0 aliphatic rings. The fourth-order valence-corrected chi connectivity index (χ4v) is 3.01. The second-order valence-corrected chi connectivity index (χ2v) is 7.13. The minimum Gasteiger partial charge on any atom is -0.486 e. The van der Waals surface area contributed by atoms with Crippen molar-refractivity contribution in [3.63, 3.8) is 0 Å². The molecule has 8 heteroatoms. The molecule has 0 fully saturated rings. The Labute approximate surface area is 171 Å². The molecule has 0 atom stereocenters. The van der Waals surface area contributed by atoms with Crippen LogP contribution in [0.15, 0.2) is 53.9 Å². The van der Waals surface area contributed by atoms with Crippen LogP contribution in [0.5, 0.6) is 5.75 Å². The van der Waals surface area contributed by atoms with E-state index in [1.807, 2.05) is 19.1 Å². The monoisotopic (exact) mass is 414 g/mol. The maximum Gasteiger partial charge on any atom is 0.325 e. The molecule has 2 aromatic carbocycles. The van der Waals surface area contributed by atoms with E-state index < -0.39 is 5.97 Å². The molecular formula is C21H19FN2O4S. The Morgan fingerprint density at radius 3 is 2.52 bits per heavy atom. The number of esters is 1. The van der Waals surface area contributed by atoms with Gasteiger partial charge in [0.25, 0.3) is 5.91 Å². The summed E-state index contributed by atoms with van der Waals surface area (Å²) in [6, 6.07) is 12.8. The van der Waals surface area contributed by atoms with Gasteiger partial charge < -0.3 is 14.8 Å². The first-order valence-electron chi connectivity index (χ1n) is 8.82. The van der Waals surface area contributed by atoms with Crippen molar-refractivity contribution in [2.24, 2.45) is 0 Å². The Balaban J connectivity index is 1.39. The van der Waals surface area contributed by atoms with Crippen LogP contribution < -0.4 is 10.1 Å². The van der Waals surface area contributed by atoms with Crippen molar-refractivity contribution in [3.05, 3.63) is 81.6 Å². The number of aryl methyl sites for hydroxylation is 1. The minimum atomic E-state index is -0.553. The topological polar surface area (TPSA) is 77.5 Å². The first-order valence-corrected chi connectivity index (χ1v) is 9.70. The van der Waals surface area contributed by atoms with Gasteiger partial charge in [-0.2, -0.15) is 0 Å². The van der Waals surface area contributed by atoms with Crippen LogP contribution in [0.2, 0.25) is 0 Å². The molecule has 3 rings (SSSR count). The molecule has 0 bridgehead atoms. The van der Waals surface area contributed by atoms with Crippen molar-refractivity contribution in [1.29, 1.82) is 0 Å². The maximum absolute atomic E-state index is 12.9. The molecule has 1 N–H and O–H groups in total. The third-order valence-corrected chi connectivity index (χ3v) is 4.73. The second-order valence-electron chi connectivity index (χ2n) is 6.18. The van der Waals surface area contributed by atoms with E-state index >= 15 is 0 Å². The van der Waals surface area contributed by atoms with Gasteiger partial charge in [-0.25, -0.2) is 9.37 Å². The Hall–Kier alpha value is -3.26. The highest BCUT2D eigenvalue weighted by Gasteiger charge is 2.10. The molecule has 6 nitrogen and oxygen atoms in total. The van der Waals surface area contributed by atoms with Crippen molar-refractivity contribution in [3.8, 4) is 5.75 Å². The third-order valence-electron chi connectivity index (χ3n) is 3.86. The van der Waals surface area contributed by atoms with Gasteiger partial charge in [0.1, 0.15) is 36.3 Å². The van der Waals surface area contributed by atoms with E-state index in [2.05, 4.69) is 10.3 Å². The molecule has 0 saturated heterocycles. The molecule has 0 aliphatic carbocycles. The van der Waals surface area contributed by atoms with Crippen molar-refractivity contribution >= 4 is 23.2 Å². The molecule has 1 amide bonds. The van der Waals surface area contributed by atoms with Crippen molar-refractivity contribution in [1.82, 2.24) is 10.3 Å². The number of benzene rings is 2. The predicted molar refractivity (Wildman–Crippen MR) is 106 cm³/mol. The number of rotatable bonds is 8. The van der Waals surface area contributed by atoms with Crippen LogP contribution in [0.4, 0.5) is 4.39 Å². The fourth-order valence-electron chi connectivity index (χ4n) is 2.32. The molecule has 0 unspecified atom stereocenters. The number of amides is 1. The molecule has 0 saturated carbocycles. The number of nitrogens with zero attached hydrogens (tertiary/aromatic N) is 1. The van der Waals surface area contributed by atoms with Gasteiger partial charge >= 0.3 is 5.97 Å². The highest BCUT2D eigenvalue weighted by atomic mass is 32.1. The molecule has 0 radical (unpaired) electrons. The third kappa shape index (κ3) is 6.39. The zero-order valence-corrected chi connectivity index (χ0v) is 16.5. The first kappa shape index (κ1) is 20.5. The quantitative estimate of drug-likeness (QED) is 0.570. The number of hydrogen-bond acceptors (Lipinski definition) is 6. The number of thiazole rings is 1. The summed E-state index contributed by atoms with van der Waals surface area (Å²) < 4.78 is 23.5. The van der Waals surface area contributed by atoms with E-state index in [1.54, 1.807) is 17.5 Å². The Kier molecular flexibility index (Phi) is 6.91. The maximum atomic E-state index is 12.9. The summed E-state index contributed by atoms with van der Waals surface area (Å²) in [5.41, 5.74) is 2.12. The number of carbonyl (C=O) groups excluding carboxylic acids is 2. The van der Waals surface area contributed by atoms with Crippen LogP contribution in [0.3, 0.4) is 0 Å². The highest BCUT2D eigenvalue weighted by Crippen LogP contribution is 2.16. The minimum absolute atomic E-state index is 0.00623. The predicted octanol–water partition coefficient (Wildman–Crippen LogP) is 3.64.